The van der Waals surface area contributed by atoms with Gasteiger partial charge in [-0.25, -0.2) is 0 Å². The highest BCUT2D eigenvalue weighted by atomic mass is 35.5. The van der Waals surface area contributed by atoms with Crippen LogP contribution in [0.1, 0.15) is 44.2 Å². The summed E-state index contributed by atoms with van der Waals surface area (Å²) in [6.07, 6.45) is 3.28. The average Bonchev–Trinajstić information content (AvgIpc) is 2.77. The second-order valence-electron chi connectivity index (χ2n) is 7.51. The van der Waals surface area contributed by atoms with Crippen LogP contribution < -0.4 is 5.32 Å². The lowest BCUT2D eigenvalue weighted by Crippen LogP contribution is -2.50. The van der Waals surface area contributed by atoms with Crippen LogP contribution in [0.25, 0.3) is 0 Å². The molecule has 0 aliphatic heterocycles. The van der Waals surface area contributed by atoms with Crippen molar-refractivity contribution < 1.29 is 9.59 Å². The van der Waals surface area contributed by atoms with E-state index >= 15 is 0 Å². The quantitative estimate of drug-likeness (QED) is 0.410. The molecule has 0 saturated heterocycles. The third-order valence-electron chi connectivity index (χ3n) is 5.08. The monoisotopic (exact) mass is 460 g/mol. The van der Waals surface area contributed by atoms with E-state index in [1.165, 1.54) is 0 Å². The molecule has 0 unspecified atom stereocenters. The minimum atomic E-state index is -0.445. The molecule has 0 aliphatic carbocycles. The van der Waals surface area contributed by atoms with Crippen molar-refractivity contribution in [1.82, 2.24) is 10.2 Å². The molecule has 168 valence electrons. The summed E-state index contributed by atoms with van der Waals surface area (Å²) in [5.41, 5.74) is 2.25. The Morgan fingerprint density at radius 2 is 1.81 bits per heavy atom. The number of nitrogens with one attached hydrogen (secondary N) is 1. The molecule has 0 radical (unpaired) electrons. The average molecular weight is 461 g/mol. The zero-order valence-corrected chi connectivity index (χ0v) is 20.1. The van der Waals surface area contributed by atoms with Crippen molar-refractivity contribution in [3.63, 3.8) is 0 Å². The Morgan fingerprint density at radius 1 is 1.06 bits per heavy atom. The molecule has 0 spiro atoms. The van der Waals surface area contributed by atoms with Crippen LogP contribution in [-0.2, 0) is 21.8 Å². The molecule has 0 saturated carbocycles. The van der Waals surface area contributed by atoms with Crippen LogP contribution in [0.4, 0.5) is 0 Å². The van der Waals surface area contributed by atoms with E-state index in [0.29, 0.717) is 36.0 Å². The van der Waals surface area contributed by atoms with E-state index < -0.39 is 6.04 Å². The highest BCUT2D eigenvalue weighted by molar-refractivity contribution is 7.99. The van der Waals surface area contributed by atoms with Crippen molar-refractivity contribution in [3.05, 3.63) is 70.7 Å². The Hall–Kier alpha value is -1.98. The summed E-state index contributed by atoms with van der Waals surface area (Å²) in [5, 5.41) is 3.70. The van der Waals surface area contributed by atoms with Gasteiger partial charge in [0.25, 0.3) is 0 Å². The Balaban J connectivity index is 2.03. The SMILES string of the molecule is CCCCNC(=O)[C@H](CC)N(CCc1ccccc1)C(=O)CSCc1cccc(Cl)c1. The summed E-state index contributed by atoms with van der Waals surface area (Å²) in [4.78, 5) is 27.7. The number of amides is 2. The van der Waals surface area contributed by atoms with Gasteiger partial charge in [-0.15, -0.1) is 11.8 Å². The Bertz CT molecular complexity index is 816. The molecule has 1 atom stereocenters. The van der Waals surface area contributed by atoms with E-state index in [-0.39, 0.29) is 11.8 Å². The third-order valence-corrected chi connectivity index (χ3v) is 6.31. The molecule has 4 nitrogen and oxygen atoms in total. The Kier molecular flexibility index (Phi) is 11.5. The van der Waals surface area contributed by atoms with Crippen LogP contribution in [0, 0.1) is 0 Å². The number of benzene rings is 2. The van der Waals surface area contributed by atoms with Gasteiger partial charge in [-0.1, -0.05) is 74.3 Å². The number of nitrogens with zero attached hydrogens (tertiary/aromatic N) is 1. The number of unbranched alkanes of at least 4 members (excludes halogenated alkanes) is 1. The van der Waals surface area contributed by atoms with Gasteiger partial charge in [0.05, 0.1) is 5.75 Å². The standard InChI is InChI=1S/C25H33ClN2O2S/c1-3-5-15-27-25(30)23(4-2)28(16-14-20-10-7-6-8-11-20)24(29)19-31-18-21-12-9-13-22(26)17-21/h6-13,17,23H,3-5,14-16,18-19H2,1-2H3,(H,27,30)/t23-/m0/s1. The molecule has 6 heteroatoms. The molecule has 2 rings (SSSR count). The van der Waals surface area contributed by atoms with Crippen LogP contribution in [0.15, 0.2) is 54.6 Å². The second kappa shape index (κ2) is 14.2. The molecule has 2 aromatic rings. The number of hydrogen-bond donors (Lipinski definition) is 1. The summed E-state index contributed by atoms with van der Waals surface area (Å²) < 4.78 is 0. The van der Waals surface area contributed by atoms with Gasteiger partial charge in [0, 0.05) is 23.9 Å². The molecule has 0 heterocycles. The fraction of sp³-hybridized carbons (Fsp3) is 0.440. The highest BCUT2D eigenvalue weighted by Crippen LogP contribution is 2.18. The van der Waals surface area contributed by atoms with Gasteiger partial charge in [0.15, 0.2) is 0 Å². The molecular weight excluding hydrogens is 428 g/mol. The number of carbonyl (C=O) groups is 2. The van der Waals surface area contributed by atoms with Gasteiger partial charge in [0.2, 0.25) is 11.8 Å². The summed E-state index contributed by atoms with van der Waals surface area (Å²) in [5.74, 6) is 0.982. The van der Waals surface area contributed by atoms with Gasteiger partial charge >= 0.3 is 0 Å². The zero-order chi connectivity index (χ0) is 22.5. The first-order chi connectivity index (χ1) is 15.0. The maximum absolute atomic E-state index is 13.2. The molecule has 2 amide bonds. The lowest BCUT2D eigenvalue weighted by atomic mass is 10.1. The maximum atomic E-state index is 13.2. The van der Waals surface area contributed by atoms with E-state index in [2.05, 4.69) is 24.4 Å². The van der Waals surface area contributed by atoms with Crippen molar-refractivity contribution in [1.29, 1.82) is 0 Å². The number of rotatable bonds is 13. The van der Waals surface area contributed by atoms with Gasteiger partial charge in [-0.2, -0.15) is 0 Å². The van der Waals surface area contributed by atoms with Crippen molar-refractivity contribution in [2.24, 2.45) is 0 Å². The van der Waals surface area contributed by atoms with Crippen LogP contribution in [0.3, 0.4) is 0 Å². The first-order valence-electron chi connectivity index (χ1n) is 11.0. The van der Waals surface area contributed by atoms with Crippen molar-refractivity contribution in [2.45, 2.75) is 51.3 Å². The van der Waals surface area contributed by atoms with Crippen molar-refractivity contribution in [3.8, 4) is 0 Å². The fourth-order valence-electron chi connectivity index (χ4n) is 3.37. The van der Waals surface area contributed by atoms with E-state index in [9.17, 15) is 9.59 Å². The smallest absolute Gasteiger partial charge is 0.242 e. The molecule has 31 heavy (non-hydrogen) atoms. The largest absolute Gasteiger partial charge is 0.354 e. The number of thioether (sulfide) groups is 1. The summed E-state index contributed by atoms with van der Waals surface area (Å²) >= 11 is 7.61. The predicted molar refractivity (Wildman–Crippen MR) is 131 cm³/mol. The number of halogens is 1. The first-order valence-corrected chi connectivity index (χ1v) is 12.5. The van der Waals surface area contributed by atoms with E-state index in [1.807, 2.05) is 49.4 Å². The lowest BCUT2D eigenvalue weighted by Gasteiger charge is -2.30. The lowest BCUT2D eigenvalue weighted by molar-refractivity contribution is -0.138. The normalized spacial score (nSPS) is 11.7. The van der Waals surface area contributed by atoms with Crippen LogP contribution in [0.2, 0.25) is 5.02 Å². The van der Waals surface area contributed by atoms with Crippen LogP contribution in [0.5, 0.6) is 0 Å². The summed E-state index contributed by atoms with van der Waals surface area (Å²) in [6, 6.07) is 17.3. The number of carbonyl (C=O) groups excluding carboxylic acids is 2. The fourth-order valence-corrected chi connectivity index (χ4v) is 4.44. The summed E-state index contributed by atoms with van der Waals surface area (Å²) in [6.45, 7) is 5.23. The topological polar surface area (TPSA) is 49.4 Å². The third kappa shape index (κ3) is 8.96. The summed E-state index contributed by atoms with van der Waals surface area (Å²) in [7, 11) is 0. The van der Waals surface area contributed by atoms with Gasteiger partial charge in [-0.3, -0.25) is 9.59 Å². The van der Waals surface area contributed by atoms with Gasteiger partial charge < -0.3 is 10.2 Å². The highest BCUT2D eigenvalue weighted by Gasteiger charge is 2.27. The maximum Gasteiger partial charge on any atom is 0.242 e. The zero-order valence-electron chi connectivity index (χ0n) is 18.5. The van der Waals surface area contributed by atoms with E-state index in [4.69, 9.17) is 11.6 Å². The minimum absolute atomic E-state index is 0.000417. The Morgan fingerprint density at radius 3 is 2.48 bits per heavy atom. The molecule has 1 N–H and O–H groups in total. The Labute approximate surface area is 195 Å². The second-order valence-corrected chi connectivity index (χ2v) is 8.94. The molecule has 0 aliphatic rings. The van der Waals surface area contributed by atoms with E-state index in [1.54, 1.807) is 16.7 Å². The van der Waals surface area contributed by atoms with E-state index in [0.717, 1.165) is 30.4 Å². The molecule has 0 aromatic heterocycles. The molecule has 0 fully saturated rings. The van der Waals surface area contributed by atoms with Crippen LogP contribution >= 0.6 is 23.4 Å². The predicted octanol–water partition coefficient (Wildman–Crippen LogP) is 5.34. The molecule has 2 aromatic carbocycles. The van der Waals surface area contributed by atoms with Crippen molar-refractivity contribution in [2.75, 3.05) is 18.8 Å². The molecular formula is C25H33ClN2O2S. The molecule has 0 bridgehead atoms. The van der Waals surface area contributed by atoms with Gasteiger partial charge in [0.1, 0.15) is 6.04 Å². The minimum Gasteiger partial charge on any atom is -0.354 e. The first kappa shape index (κ1) is 25.3. The number of hydrogen-bond acceptors (Lipinski definition) is 3. The van der Waals surface area contributed by atoms with Crippen LogP contribution in [-0.4, -0.2) is 41.6 Å². The van der Waals surface area contributed by atoms with Crippen molar-refractivity contribution >= 4 is 35.2 Å². The van der Waals surface area contributed by atoms with Gasteiger partial charge in [-0.05, 0) is 42.5 Å².